The van der Waals surface area contributed by atoms with Crippen LogP contribution in [0.1, 0.15) is 44.5 Å². The summed E-state index contributed by atoms with van der Waals surface area (Å²) in [6, 6.07) is 29.7. The number of fused-ring (bicyclic) bond motifs is 11. The van der Waals surface area contributed by atoms with Crippen molar-refractivity contribution in [2.75, 3.05) is 4.90 Å². The zero-order valence-electron chi connectivity index (χ0n) is 19.3. The molecule has 5 aromatic rings. The molecular formula is C33H22N2. The summed E-state index contributed by atoms with van der Waals surface area (Å²) in [5.41, 5.74) is 19.9. The van der Waals surface area contributed by atoms with Crippen molar-refractivity contribution in [1.29, 1.82) is 0 Å². The van der Waals surface area contributed by atoms with Crippen LogP contribution in [0.5, 0.6) is 0 Å². The Labute approximate surface area is 204 Å². The molecule has 4 aromatic carbocycles. The molecule has 0 saturated carbocycles. The van der Waals surface area contributed by atoms with Gasteiger partial charge in [0.05, 0.1) is 11.4 Å². The van der Waals surface area contributed by atoms with E-state index in [2.05, 4.69) is 83.8 Å². The molecule has 2 aliphatic heterocycles. The van der Waals surface area contributed by atoms with Crippen LogP contribution in [0.4, 0.5) is 17.2 Å². The maximum absolute atomic E-state index is 4.95. The Balaban J connectivity index is 1.35. The third-order valence-corrected chi connectivity index (χ3v) is 8.51. The van der Waals surface area contributed by atoms with Crippen LogP contribution in [0.15, 0.2) is 85.1 Å². The molecule has 2 heteroatoms. The molecule has 0 unspecified atom stereocenters. The minimum absolute atomic E-state index is 0.947. The fraction of sp³-hybridized carbons (Fsp3) is 0.121. The standard InChI is InChI=1S/C33H22N2/c1-3-9-26-19(6-1)12-22-14-23-15-25-16-24-13-20-7-2-4-10-27(20)31(24)29-17-21-8-5-11-34-33(21)35(32(25)29)30(23)18-28(22)26/h1-11,14,16,18H,12-13,15,17H2. The van der Waals surface area contributed by atoms with Crippen LogP contribution in [-0.2, 0) is 25.7 Å². The average molecular weight is 447 g/mol. The third kappa shape index (κ3) is 2.27. The Kier molecular flexibility index (Phi) is 3.27. The van der Waals surface area contributed by atoms with Crippen LogP contribution in [0.3, 0.4) is 0 Å². The van der Waals surface area contributed by atoms with E-state index in [-0.39, 0.29) is 0 Å². The highest BCUT2D eigenvalue weighted by atomic mass is 15.2. The monoisotopic (exact) mass is 446 g/mol. The van der Waals surface area contributed by atoms with E-state index in [1.54, 1.807) is 0 Å². The van der Waals surface area contributed by atoms with Crippen molar-refractivity contribution in [3.05, 3.63) is 130 Å². The smallest absolute Gasteiger partial charge is 0.141 e. The Morgan fingerprint density at radius 3 is 2.17 bits per heavy atom. The van der Waals surface area contributed by atoms with Crippen LogP contribution >= 0.6 is 0 Å². The van der Waals surface area contributed by atoms with Crippen molar-refractivity contribution >= 4 is 17.2 Å². The van der Waals surface area contributed by atoms with E-state index in [9.17, 15) is 0 Å². The molecule has 0 amide bonds. The summed E-state index contributed by atoms with van der Waals surface area (Å²) in [5.74, 6) is 1.10. The zero-order valence-corrected chi connectivity index (χ0v) is 19.3. The number of nitrogens with zero attached hydrogens (tertiary/aromatic N) is 2. The number of hydrogen-bond donors (Lipinski definition) is 0. The lowest BCUT2D eigenvalue weighted by Crippen LogP contribution is -2.26. The molecule has 0 spiro atoms. The van der Waals surface area contributed by atoms with Gasteiger partial charge in [-0.1, -0.05) is 66.7 Å². The summed E-state index contributed by atoms with van der Waals surface area (Å²) < 4.78 is 0. The van der Waals surface area contributed by atoms with Gasteiger partial charge in [-0.3, -0.25) is 4.90 Å². The van der Waals surface area contributed by atoms with E-state index in [1.165, 1.54) is 78.1 Å². The number of hydrogen-bond acceptors (Lipinski definition) is 2. The van der Waals surface area contributed by atoms with Gasteiger partial charge in [-0.15, -0.1) is 0 Å². The van der Waals surface area contributed by atoms with Crippen LogP contribution in [-0.4, -0.2) is 4.98 Å². The summed E-state index contributed by atoms with van der Waals surface area (Å²) in [5, 5.41) is 0. The highest BCUT2D eigenvalue weighted by Crippen LogP contribution is 2.56. The first-order valence-corrected chi connectivity index (χ1v) is 12.6. The lowest BCUT2D eigenvalue weighted by Gasteiger charge is -2.40. The summed E-state index contributed by atoms with van der Waals surface area (Å²) in [4.78, 5) is 7.44. The SMILES string of the molecule is c1ccc2c(c1)Cc1cc3c(cc1-2)N1c2ncccc2Cc2c4c(cc(c21)C3)Cc1ccccc1-4. The lowest BCUT2D eigenvalue weighted by molar-refractivity contribution is 0.977. The van der Waals surface area contributed by atoms with Gasteiger partial charge in [-0.2, -0.15) is 0 Å². The van der Waals surface area contributed by atoms with Gasteiger partial charge >= 0.3 is 0 Å². The van der Waals surface area contributed by atoms with E-state index in [1.807, 2.05) is 6.20 Å². The molecule has 35 heavy (non-hydrogen) atoms. The molecule has 2 aliphatic carbocycles. The second kappa shape index (κ2) is 6.28. The maximum Gasteiger partial charge on any atom is 0.141 e. The summed E-state index contributed by atoms with van der Waals surface area (Å²) in [7, 11) is 0. The fourth-order valence-electron chi connectivity index (χ4n) is 7.12. The zero-order chi connectivity index (χ0) is 22.7. The van der Waals surface area contributed by atoms with Gasteiger partial charge in [0.1, 0.15) is 5.82 Å². The minimum atomic E-state index is 0.947. The third-order valence-electron chi connectivity index (χ3n) is 8.51. The van der Waals surface area contributed by atoms with Crippen molar-refractivity contribution in [3.63, 3.8) is 0 Å². The predicted molar refractivity (Wildman–Crippen MR) is 141 cm³/mol. The van der Waals surface area contributed by atoms with Crippen molar-refractivity contribution < 1.29 is 0 Å². The second-order valence-electron chi connectivity index (χ2n) is 10.4. The largest absolute Gasteiger partial charge is 0.294 e. The molecule has 9 rings (SSSR count). The molecular weight excluding hydrogens is 424 g/mol. The van der Waals surface area contributed by atoms with Crippen LogP contribution in [0.2, 0.25) is 0 Å². The number of rotatable bonds is 0. The number of aromatic nitrogens is 1. The first-order valence-electron chi connectivity index (χ1n) is 12.6. The van der Waals surface area contributed by atoms with Gasteiger partial charge in [0.25, 0.3) is 0 Å². The molecule has 4 aliphatic rings. The highest BCUT2D eigenvalue weighted by molar-refractivity contribution is 5.96. The topological polar surface area (TPSA) is 16.1 Å². The molecule has 2 nitrogen and oxygen atoms in total. The fourth-order valence-corrected chi connectivity index (χ4v) is 7.12. The Hall–Kier alpha value is -4.17. The molecule has 0 atom stereocenters. The van der Waals surface area contributed by atoms with Gasteiger partial charge in [-0.25, -0.2) is 4.98 Å². The van der Waals surface area contributed by atoms with Crippen molar-refractivity contribution in [3.8, 4) is 22.3 Å². The molecule has 0 N–H and O–H groups in total. The highest BCUT2D eigenvalue weighted by Gasteiger charge is 2.37. The molecule has 0 radical (unpaired) electrons. The normalized spacial score (nSPS) is 14.9. The first-order chi connectivity index (χ1) is 17.3. The van der Waals surface area contributed by atoms with E-state index in [0.29, 0.717) is 0 Å². The van der Waals surface area contributed by atoms with Crippen molar-refractivity contribution in [2.24, 2.45) is 0 Å². The molecule has 3 heterocycles. The van der Waals surface area contributed by atoms with Gasteiger partial charge in [0, 0.05) is 19.0 Å². The van der Waals surface area contributed by atoms with Crippen LogP contribution < -0.4 is 4.90 Å². The molecule has 0 bridgehead atoms. The molecule has 0 saturated heterocycles. The van der Waals surface area contributed by atoms with Gasteiger partial charge in [-0.05, 0) is 91.7 Å². The second-order valence-corrected chi connectivity index (χ2v) is 10.4. The Bertz CT molecular complexity index is 1760. The molecule has 0 fully saturated rings. The predicted octanol–water partition coefficient (Wildman–Crippen LogP) is 7.50. The van der Waals surface area contributed by atoms with Crippen LogP contribution in [0.25, 0.3) is 22.3 Å². The molecule has 1 aromatic heterocycles. The van der Waals surface area contributed by atoms with E-state index < -0.39 is 0 Å². The van der Waals surface area contributed by atoms with E-state index in [0.717, 1.165) is 31.5 Å². The first kappa shape index (κ1) is 18.2. The quantitative estimate of drug-likeness (QED) is 0.240. The summed E-state index contributed by atoms with van der Waals surface area (Å²) in [6.07, 6.45) is 5.96. The van der Waals surface area contributed by atoms with Gasteiger partial charge in [0.2, 0.25) is 0 Å². The average Bonchev–Trinajstić information content (AvgIpc) is 3.44. The Morgan fingerprint density at radius 1 is 0.543 bits per heavy atom. The minimum Gasteiger partial charge on any atom is -0.294 e. The van der Waals surface area contributed by atoms with Gasteiger partial charge in [0.15, 0.2) is 0 Å². The van der Waals surface area contributed by atoms with Crippen LogP contribution in [0, 0.1) is 0 Å². The number of pyridine rings is 1. The summed E-state index contributed by atoms with van der Waals surface area (Å²) in [6.45, 7) is 0. The van der Waals surface area contributed by atoms with Gasteiger partial charge < -0.3 is 0 Å². The van der Waals surface area contributed by atoms with E-state index in [4.69, 9.17) is 4.98 Å². The number of benzene rings is 4. The Morgan fingerprint density at radius 2 is 1.26 bits per heavy atom. The molecule has 164 valence electrons. The lowest BCUT2D eigenvalue weighted by atomic mass is 9.82. The van der Waals surface area contributed by atoms with Crippen molar-refractivity contribution in [1.82, 2.24) is 4.98 Å². The summed E-state index contributed by atoms with van der Waals surface area (Å²) >= 11 is 0. The maximum atomic E-state index is 4.95. The van der Waals surface area contributed by atoms with Crippen molar-refractivity contribution in [2.45, 2.75) is 25.7 Å². The van der Waals surface area contributed by atoms with E-state index >= 15 is 0 Å². The number of anilines is 3.